The summed E-state index contributed by atoms with van der Waals surface area (Å²) in [4.78, 5) is 11.4. The number of nitrogens with one attached hydrogen (secondary N) is 2. The van der Waals surface area contributed by atoms with Crippen LogP contribution >= 0.6 is 0 Å². The van der Waals surface area contributed by atoms with Gasteiger partial charge in [0.25, 0.3) is 0 Å². The maximum atomic E-state index is 5.53. The number of methoxy groups -OCH3 is 1. The second-order valence-electron chi connectivity index (χ2n) is 7.69. The lowest BCUT2D eigenvalue weighted by molar-refractivity contribution is 0.212. The molecule has 0 bridgehead atoms. The highest BCUT2D eigenvalue weighted by atomic mass is 16.5. The number of rotatable bonds is 4. The maximum Gasteiger partial charge on any atom is 0.229 e. The summed E-state index contributed by atoms with van der Waals surface area (Å²) in [6.45, 7) is 8.69. The highest BCUT2D eigenvalue weighted by Crippen LogP contribution is 2.50. The second kappa shape index (κ2) is 5.59. The van der Waals surface area contributed by atoms with Crippen LogP contribution in [0.15, 0.2) is 18.6 Å². The Morgan fingerprint density at radius 3 is 2.52 bits per heavy atom. The standard InChI is InChI=1S/C17H25N7O/c1-16-8-18-9-17(16,2)11-24(10-16)14-13(25-4)6-19-15(22-14)21-12-5-20-23(3)7-12/h5-7,18H,8-11H2,1-4H3,(H,19,21,22)/t16-,17+. The van der Waals surface area contributed by atoms with Crippen molar-refractivity contribution in [3.05, 3.63) is 18.6 Å². The molecule has 4 rings (SSSR count). The minimum Gasteiger partial charge on any atom is -0.491 e. The maximum absolute atomic E-state index is 5.53. The average Bonchev–Trinajstić information content (AvgIpc) is 3.17. The highest BCUT2D eigenvalue weighted by molar-refractivity contribution is 5.59. The molecule has 2 fully saturated rings. The van der Waals surface area contributed by atoms with E-state index in [9.17, 15) is 0 Å². The molecule has 2 atom stereocenters. The van der Waals surface area contributed by atoms with E-state index in [1.165, 1.54) is 0 Å². The number of hydrogen-bond acceptors (Lipinski definition) is 7. The summed E-state index contributed by atoms with van der Waals surface area (Å²) in [6, 6.07) is 0. The predicted molar refractivity (Wildman–Crippen MR) is 96.4 cm³/mol. The molecule has 0 spiro atoms. The van der Waals surface area contributed by atoms with E-state index < -0.39 is 0 Å². The van der Waals surface area contributed by atoms with Crippen LogP contribution in [0, 0.1) is 10.8 Å². The molecule has 2 aliphatic heterocycles. The molecule has 4 heterocycles. The van der Waals surface area contributed by atoms with Gasteiger partial charge in [-0.05, 0) is 0 Å². The van der Waals surface area contributed by atoms with Crippen LogP contribution in [0.4, 0.5) is 17.5 Å². The Kier molecular flexibility index (Phi) is 3.61. The normalized spacial score (nSPS) is 28.2. The smallest absolute Gasteiger partial charge is 0.229 e. The fourth-order valence-corrected chi connectivity index (χ4v) is 3.99. The van der Waals surface area contributed by atoms with Gasteiger partial charge in [-0.2, -0.15) is 10.1 Å². The Morgan fingerprint density at radius 2 is 1.92 bits per heavy atom. The first-order chi connectivity index (χ1) is 11.9. The van der Waals surface area contributed by atoms with E-state index in [1.807, 2.05) is 13.2 Å². The summed E-state index contributed by atoms with van der Waals surface area (Å²) in [6.07, 6.45) is 5.38. The Bertz CT molecular complexity index is 773. The number of aryl methyl sites for hydroxylation is 1. The van der Waals surface area contributed by atoms with E-state index in [4.69, 9.17) is 9.72 Å². The zero-order chi connectivity index (χ0) is 17.7. The van der Waals surface area contributed by atoms with E-state index >= 15 is 0 Å². The molecule has 0 unspecified atom stereocenters. The van der Waals surface area contributed by atoms with Gasteiger partial charge in [-0.15, -0.1) is 0 Å². The Labute approximate surface area is 147 Å². The summed E-state index contributed by atoms with van der Waals surface area (Å²) < 4.78 is 7.27. The third-order valence-corrected chi connectivity index (χ3v) is 5.78. The van der Waals surface area contributed by atoms with Crippen LogP contribution in [0.3, 0.4) is 0 Å². The quantitative estimate of drug-likeness (QED) is 0.868. The lowest BCUT2D eigenvalue weighted by Crippen LogP contribution is -2.34. The van der Waals surface area contributed by atoms with E-state index in [-0.39, 0.29) is 10.8 Å². The van der Waals surface area contributed by atoms with Crippen molar-refractivity contribution in [2.75, 3.05) is 43.5 Å². The van der Waals surface area contributed by atoms with Crippen LogP contribution in [0.1, 0.15) is 13.8 Å². The first kappa shape index (κ1) is 16.1. The molecule has 2 N–H and O–H groups in total. The molecule has 2 aromatic heterocycles. The molecule has 2 aromatic rings. The minimum absolute atomic E-state index is 0.236. The summed E-state index contributed by atoms with van der Waals surface area (Å²) in [7, 11) is 3.54. The van der Waals surface area contributed by atoms with Crippen molar-refractivity contribution < 1.29 is 4.74 Å². The van der Waals surface area contributed by atoms with E-state index in [1.54, 1.807) is 24.2 Å². The van der Waals surface area contributed by atoms with Crippen LogP contribution in [0.5, 0.6) is 5.75 Å². The summed E-state index contributed by atoms with van der Waals surface area (Å²) in [5, 5.41) is 10.9. The van der Waals surface area contributed by atoms with Gasteiger partial charge in [-0.1, -0.05) is 13.8 Å². The van der Waals surface area contributed by atoms with Gasteiger partial charge < -0.3 is 20.3 Å². The molecule has 25 heavy (non-hydrogen) atoms. The van der Waals surface area contributed by atoms with Gasteiger partial charge in [-0.25, -0.2) is 4.98 Å². The van der Waals surface area contributed by atoms with Crippen LogP contribution in [-0.4, -0.2) is 53.0 Å². The number of anilines is 3. The van der Waals surface area contributed by atoms with Crippen molar-refractivity contribution in [1.82, 2.24) is 25.1 Å². The van der Waals surface area contributed by atoms with Crippen LogP contribution in [0.2, 0.25) is 0 Å². The third-order valence-electron chi connectivity index (χ3n) is 5.78. The number of ether oxygens (including phenoxy) is 1. The molecule has 2 aliphatic rings. The largest absolute Gasteiger partial charge is 0.491 e. The minimum atomic E-state index is 0.236. The van der Waals surface area contributed by atoms with Gasteiger partial charge >= 0.3 is 0 Å². The van der Waals surface area contributed by atoms with Crippen molar-refractivity contribution in [1.29, 1.82) is 0 Å². The van der Waals surface area contributed by atoms with Gasteiger partial charge in [0.15, 0.2) is 11.6 Å². The van der Waals surface area contributed by atoms with Gasteiger partial charge in [0.2, 0.25) is 5.95 Å². The van der Waals surface area contributed by atoms with E-state index in [0.717, 1.165) is 37.7 Å². The molecule has 0 aliphatic carbocycles. The van der Waals surface area contributed by atoms with Crippen molar-refractivity contribution in [2.45, 2.75) is 13.8 Å². The van der Waals surface area contributed by atoms with Crippen molar-refractivity contribution in [3.8, 4) is 5.75 Å². The van der Waals surface area contributed by atoms with Crippen LogP contribution in [0.25, 0.3) is 0 Å². The average molecular weight is 343 g/mol. The Balaban J connectivity index is 1.63. The summed E-state index contributed by atoms with van der Waals surface area (Å²) in [5.41, 5.74) is 1.33. The summed E-state index contributed by atoms with van der Waals surface area (Å²) >= 11 is 0. The van der Waals surface area contributed by atoms with Gasteiger partial charge in [-0.3, -0.25) is 4.68 Å². The third kappa shape index (κ3) is 2.60. The van der Waals surface area contributed by atoms with Crippen molar-refractivity contribution >= 4 is 17.5 Å². The number of nitrogens with zero attached hydrogens (tertiary/aromatic N) is 5. The van der Waals surface area contributed by atoms with E-state index in [2.05, 4.69) is 39.5 Å². The first-order valence-corrected chi connectivity index (χ1v) is 8.55. The van der Waals surface area contributed by atoms with Gasteiger partial charge in [0.05, 0.1) is 25.2 Å². The predicted octanol–water partition coefficient (Wildman–Crippen LogP) is 1.40. The second-order valence-corrected chi connectivity index (χ2v) is 7.69. The van der Waals surface area contributed by atoms with Crippen LogP contribution in [-0.2, 0) is 7.05 Å². The zero-order valence-electron chi connectivity index (χ0n) is 15.2. The molecule has 0 radical (unpaired) electrons. The lowest BCUT2D eigenvalue weighted by atomic mass is 9.71. The van der Waals surface area contributed by atoms with Crippen LogP contribution < -0.4 is 20.3 Å². The molecule has 134 valence electrons. The molecule has 8 nitrogen and oxygen atoms in total. The number of fused-ring (bicyclic) bond motifs is 1. The SMILES string of the molecule is COc1cnc(Nc2cnn(C)c2)nc1N1C[C@]2(C)CNC[C@]2(C)C1. The monoisotopic (exact) mass is 343 g/mol. The number of aromatic nitrogens is 4. The Hall–Kier alpha value is -2.35. The molecule has 2 saturated heterocycles. The fraction of sp³-hybridized carbons (Fsp3) is 0.588. The highest BCUT2D eigenvalue weighted by Gasteiger charge is 2.55. The Morgan fingerprint density at radius 1 is 1.20 bits per heavy atom. The fourth-order valence-electron chi connectivity index (χ4n) is 3.99. The first-order valence-electron chi connectivity index (χ1n) is 8.55. The van der Waals surface area contributed by atoms with E-state index in [0.29, 0.717) is 11.7 Å². The molecule has 0 amide bonds. The molecular formula is C17H25N7O. The van der Waals surface area contributed by atoms with Gasteiger partial charge in [0, 0.05) is 50.3 Å². The molecule has 8 heteroatoms. The van der Waals surface area contributed by atoms with Gasteiger partial charge in [0.1, 0.15) is 0 Å². The van der Waals surface area contributed by atoms with Crippen molar-refractivity contribution in [3.63, 3.8) is 0 Å². The molecule has 0 aromatic carbocycles. The summed E-state index contributed by atoms with van der Waals surface area (Å²) in [5.74, 6) is 2.10. The molecular weight excluding hydrogens is 318 g/mol. The molecule has 0 saturated carbocycles. The van der Waals surface area contributed by atoms with Crippen molar-refractivity contribution in [2.24, 2.45) is 17.9 Å². The lowest BCUT2D eigenvalue weighted by Gasteiger charge is -2.30. The zero-order valence-corrected chi connectivity index (χ0v) is 15.2. The topological polar surface area (TPSA) is 80.1 Å². The number of hydrogen-bond donors (Lipinski definition) is 2.